The number of rotatable bonds is 2. The molecule has 1 aromatic carbocycles. The minimum Gasteiger partial charge on any atom is -0.387 e. The highest BCUT2D eigenvalue weighted by Gasteiger charge is 2.26. The fraction of sp³-hybridized carbons (Fsp3) is 0.357. The summed E-state index contributed by atoms with van der Waals surface area (Å²) in [6, 6.07) is 7.84. The molecule has 1 aliphatic heterocycles. The molecule has 2 heterocycles. The highest BCUT2D eigenvalue weighted by Crippen LogP contribution is 2.31. The number of nitriles is 1. The molecule has 0 radical (unpaired) electrons. The lowest BCUT2D eigenvalue weighted by Gasteiger charge is -2.17. The van der Waals surface area contributed by atoms with E-state index in [-0.39, 0.29) is 6.04 Å². The molecular formula is C14H15N3O. The quantitative estimate of drug-likeness (QED) is 0.751. The van der Waals surface area contributed by atoms with Gasteiger partial charge < -0.3 is 15.4 Å². The second-order valence-corrected chi connectivity index (χ2v) is 4.73. The first-order valence-electron chi connectivity index (χ1n) is 6.23. The minimum absolute atomic E-state index is 0.0933. The predicted molar refractivity (Wildman–Crippen MR) is 69.0 cm³/mol. The maximum absolute atomic E-state index is 10.4. The Labute approximate surface area is 105 Å². The second kappa shape index (κ2) is 4.45. The first-order chi connectivity index (χ1) is 8.81. The lowest BCUT2D eigenvalue weighted by molar-refractivity contribution is 0.139. The molecule has 3 N–H and O–H groups in total. The van der Waals surface area contributed by atoms with Crippen molar-refractivity contribution in [2.24, 2.45) is 0 Å². The molecule has 1 aliphatic rings. The molecule has 92 valence electrons. The molecule has 2 unspecified atom stereocenters. The van der Waals surface area contributed by atoms with Crippen LogP contribution in [-0.4, -0.2) is 22.7 Å². The Morgan fingerprint density at radius 2 is 2.33 bits per heavy atom. The van der Waals surface area contributed by atoms with E-state index in [1.807, 2.05) is 18.3 Å². The summed E-state index contributed by atoms with van der Waals surface area (Å²) in [4.78, 5) is 3.13. The molecule has 0 aliphatic carbocycles. The molecule has 0 spiro atoms. The largest absolute Gasteiger partial charge is 0.387 e. The van der Waals surface area contributed by atoms with Crippen LogP contribution in [0.2, 0.25) is 0 Å². The third-order valence-electron chi connectivity index (χ3n) is 3.65. The molecule has 2 atom stereocenters. The van der Waals surface area contributed by atoms with Gasteiger partial charge in [0.1, 0.15) is 0 Å². The highest BCUT2D eigenvalue weighted by atomic mass is 16.3. The molecule has 1 saturated heterocycles. The Bertz CT molecular complexity index is 605. The van der Waals surface area contributed by atoms with Gasteiger partial charge in [0, 0.05) is 28.7 Å². The number of aliphatic hydroxyl groups is 1. The molecule has 4 nitrogen and oxygen atoms in total. The van der Waals surface area contributed by atoms with Crippen molar-refractivity contribution in [3.8, 4) is 6.07 Å². The van der Waals surface area contributed by atoms with Gasteiger partial charge in [0.15, 0.2) is 0 Å². The van der Waals surface area contributed by atoms with Gasteiger partial charge in [0.25, 0.3) is 0 Å². The molecule has 1 aromatic heterocycles. The summed E-state index contributed by atoms with van der Waals surface area (Å²) >= 11 is 0. The first kappa shape index (κ1) is 11.3. The van der Waals surface area contributed by atoms with E-state index in [1.54, 1.807) is 6.07 Å². The summed E-state index contributed by atoms with van der Waals surface area (Å²) in [6.45, 7) is 0.954. The Kier molecular flexibility index (Phi) is 2.78. The fourth-order valence-electron chi connectivity index (χ4n) is 2.74. The molecular weight excluding hydrogens is 226 g/mol. The van der Waals surface area contributed by atoms with Gasteiger partial charge in [0.05, 0.1) is 17.7 Å². The third kappa shape index (κ3) is 1.69. The van der Waals surface area contributed by atoms with Gasteiger partial charge in [-0.05, 0) is 31.5 Å². The van der Waals surface area contributed by atoms with Crippen LogP contribution in [0.15, 0.2) is 24.4 Å². The number of hydrogen-bond acceptors (Lipinski definition) is 3. The normalized spacial score (nSPS) is 21.0. The fourth-order valence-corrected chi connectivity index (χ4v) is 2.74. The smallest absolute Gasteiger partial charge is 0.0998 e. The van der Waals surface area contributed by atoms with Crippen LogP contribution in [0, 0.1) is 11.3 Å². The van der Waals surface area contributed by atoms with Crippen LogP contribution in [-0.2, 0) is 0 Å². The van der Waals surface area contributed by atoms with Crippen LogP contribution in [0.1, 0.15) is 30.1 Å². The highest BCUT2D eigenvalue weighted by molar-refractivity contribution is 5.89. The first-order valence-corrected chi connectivity index (χ1v) is 6.23. The summed E-state index contributed by atoms with van der Waals surface area (Å²) in [5.74, 6) is 0. The van der Waals surface area contributed by atoms with Gasteiger partial charge in [0.2, 0.25) is 0 Å². The Morgan fingerprint density at radius 1 is 1.44 bits per heavy atom. The van der Waals surface area contributed by atoms with Crippen LogP contribution in [0.4, 0.5) is 0 Å². The van der Waals surface area contributed by atoms with E-state index in [4.69, 9.17) is 5.26 Å². The minimum atomic E-state index is -0.559. The standard InChI is InChI=1S/C14H15N3O/c15-7-9-3-1-4-11-13(9)10(8-17-11)14(18)12-5-2-6-16-12/h1,3-4,8,12,14,16-18H,2,5-6H2. The molecule has 4 heteroatoms. The van der Waals surface area contributed by atoms with E-state index in [0.717, 1.165) is 35.9 Å². The van der Waals surface area contributed by atoms with E-state index < -0.39 is 6.10 Å². The van der Waals surface area contributed by atoms with Crippen molar-refractivity contribution < 1.29 is 5.11 Å². The number of hydrogen-bond donors (Lipinski definition) is 3. The van der Waals surface area contributed by atoms with Crippen LogP contribution >= 0.6 is 0 Å². The number of benzene rings is 1. The zero-order valence-corrected chi connectivity index (χ0v) is 9.98. The Morgan fingerprint density at radius 3 is 3.06 bits per heavy atom. The van der Waals surface area contributed by atoms with Crippen LogP contribution < -0.4 is 5.32 Å². The van der Waals surface area contributed by atoms with E-state index in [0.29, 0.717) is 5.56 Å². The average molecular weight is 241 g/mol. The number of aromatic amines is 1. The van der Waals surface area contributed by atoms with Crippen molar-refractivity contribution in [2.45, 2.75) is 25.0 Å². The molecule has 3 rings (SSSR count). The molecule has 18 heavy (non-hydrogen) atoms. The van der Waals surface area contributed by atoms with Gasteiger partial charge >= 0.3 is 0 Å². The lowest BCUT2D eigenvalue weighted by Crippen LogP contribution is -2.28. The molecule has 0 saturated carbocycles. The topological polar surface area (TPSA) is 71.8 Å². The number of aliphatic hydroxyl groups excluding tert-OH is 1. The van der Waals surface area contributed by atoms with Crippen molar-refractivity contribution in [3.05, 3.63) is 35.5 Å². The SMILES string of the molecule is N#Cc1cccc2[nH]cc(C(O)C3CCCN3)c12. The van der Waals surface area contributed by atoms with Crippen molar-refractivity contribution >= 4 is 10.9 Å². The van der Waals surface area contributed by atoms with Crippen LogP contribution in [0.25, 0.3) is 10.9 Å². The summed E-state index contributed by atoms with van der Waals surface area (Å²) in [5, 5.41) is 23.7. The van der Waals surface area contributed by atoms with Gasteiger partial charge in [-0.25, -0.2) is 0 Å². The second-order valence-electron chi connectivity index (χ2n) is 4.73. The third-order valence-corrected chi connectivity index (χ3v) is 3.65. The maximum atomic E-state index is 10.4. The molecule has 1 fully saturated rings. The zero-order chi connectivity index (χ0) is 12.5. The van der Waals surface area contributed by atoms with Crippen LogP contribution in [0.3, 0.4) is 0 Å². The predicted octanol–water partition coefficient (Wildman–Crippen LogP) is 1.82. The maximum Gasteiger partial charge on any atom is 0.0998 e. The van der Waals surface area contributed by atoms with Crippen molar-refractivity contribution in [1.29, 1.82) is 5.26 Å². The van der Waals surface area contributed by atoms with Crippen molar-refractivity contribution in [1.82, 2.24) is 10.3 Å². The Hall–Kier alpha value is -1.83. The number of fused-ring (bicyclic) bond motifs is 1. The zero-order valence-electron chi connectivity index (χ0n) is 9.98. The molecule has 0 bridgehead atoms. The van der Waals surface area contributed by atoms with Crippen molar-refractivity contribution in [3.63, 3.8) is 0 Å². The molecule has 2 aromatic rings. The average Bonchev–Trinajstić information content (AvgIpc) is 3.06. The summed E-state index contributed by atoms with van der Waals surface area (Å²) in [6.07, 6.45) is 3.32. The summed E-state index contributed by atoms with van der Waals surface area (Å²) in [7, 11) is 0. The number of aromatic nitrogens is 1. The van der Waals surface area contributed by atoms with E-state index in [2.05, 4.69) is 16.4 Å². The summed E-state index contributed by atoms with van der Waals surface area (Å²) < 4.78 is 0. The van der Waals surface area contributed by atoms with Gasteiger partial charge in [-0.3, -0.25) is 0 Å². The van der Waals surface area contributed by atoms with Crippen molar-refractivity contribution in [2.75, 3.05) is 6.54 Å². The van der Waals surface area contributed by atoms with E-state index >= 15 is 0 Å². The summed E-state index contributed by atoms with van der Waals surface area (Å²) in [5.41, 5.74) is 2.34. The van der Waals surface area contributed by atoms with Crippen LogP contribution in [0.5, 0.6) is 0 Å². The molecule has 0 amide bonds. The number of H-pyrrole nitrogens is 1. The monoisotopic (exact) mass is 241 g/mol. The van der Waals surface area contributed by atoms with Gasteiger partial charge in [-0.2, -0.15) is 5.26 Å². The lowest BCUT2D eigenvalue weighted by atomic mass is 9.98. The van der Waals surface area contributed by atoms with E-state index in [1.165, 1.54) is 0 Å². The van der Waals surface area contributed by atoms with Gasteiger partial charge in [-0.15, -0.1) is 0 Å². The number of nitrogens with zero attached hydrogens (tertiary/aromatic N) is 1. The van der Waals surface area contributed by atoms with Gasteiger partial charge in [-0.1, -0.05) is 6.07 Å². The number of nitrogens with one attached hydrogen (secondary N) is 2. The van der Waals surface area contributed by atoms with E-state index in [9.17, 15) is 5.11 Å². The Balaban J connectivity index is 2.09.